The molecular weight excluding hydrogens is 784 g/mol. The van der Waals surface area contributed by atoms with Crippen LogP contribution in [0, 0.1) is 41.5 Å². The fourth-order valence-electron chi connectivity index (χ4n) is 11.5. The number of benzene rings is 9. The van der Waals surface area contributed by atoms with Crippen LogP contribution in [0.25, 0.3) is 0 Å². The number of para-hydroxylation sites is 6. The van der Waals surface area contributed by atoms with Crippen molar-refractivity contribution in [2.24, 2.45) is 0 Å². The van der Waals surface area contributed by atoms with E-state index in [1.54, 1.807) is 0 Å². The first-order valence-electron chi connectivity index (χ1n) is 22.9. The van der Waals surface area contributed by atoms with Gasteiger partial charge in [-0.05, 0) is 130 Å². The molecule has 0 aromatic heterocycles. The molecule has 2 heterocycles. The fraction of sp³-hybridized carbons (Fsp3) is 0.100. The molecule has 0 radical (unpaired) electrons. The summed E-state index contributed by atoms with van der Waals surface area (Å²) in [5.41, 5.74) is 26.0. The van der Waals surface area contributed by atoms with Crippen molar-refractivity contribution in [3.63, 3.8) is 0 Å². The molecule has 0 atom stereocenters. The number of aryl methyl sites for hydroxylation is 6. The third-order valence-electron chi connectivity index (χ3n) is 13.7. The Hall–Kier alpha value is -7.49. The van der Waals surface area contributed by atoms with Gasteiger partial charge >= 0.3 is 0 Å². The highest BCUT2D eigenvalue weighted by Crippen LogP contribution is 2.47. The lowest BCUT2D eigenvalue weighted by Crippen LogP contribution is -2.64. The summed E-state index contributed by atoms with van der Waals surface area (Å²) in [6.07, 6.45) is 0. The Morgan fingerprint density at radius 3 is 1.02 bits per heavy atom. The van der Waals surface area contributed by atoms with Crippen LogP contribution in [0.2, 0.25) is 0 Å². The maximum atomic E-state index is 2.59. The summed E-state index contributed by atoms with van der Waals surface area (Å²) >= 11 is 0. The first-order chi connectivity index (χ1) is 31.8. The second-order valence-electron chi connectivity index (χ2n) is 18.0. The predicted molar refractivity (Wildman–Crippen MR) is 281 cm³/mol. The number of fused-ring (bicyclic) bond motifs is 4. The molecule has 0 saturated heterocycles. The predicted octanol–water partition coefficient (Wildman–Crippen LogP) is 11.6. The first kappa shape index (κ1) is 40.3. The van der Waals surface area contributed by atoms with E-state index in [1.165, 1.54) is 94.6 Å². The van der Waals surface area contributed by atoms with Crippen LogP contribution in [0.3, 0.4) is 0 Å². The quantitative estimate of drug-likeness (QED) is 0.148. The van der Waals surface area contributed by atoms with E-state index in [4.69, 9.17) is 0 Å². The number of hydrogen-bond acceptors (Lipinski definition) is 3. The van der Waals surface area contributed by atoms with Gasteiger partial charge in [-0.15, -0.1) is 0 Å². The standard InChI is InChI=1S/C60H51B2N3/c1-40-35-42(3)56(43(4)36-40)61-50-31-19-21-33-52(50)64(48-27-15-9-16-28-48)54-39-55-59(60(58(54)61)63(46-23-11-7-12-24-46)47-25-13-8-14-26-47)62(57-44(5)37-41(2)38-45(57)6)51-32-20-22-34-53(51)65(55)49-29-17-10-18-30-49/h7-39H,1-6H3. The average molecular weight is 836 g/mol. The zero-order valence-electron chi connectivity index (χ0n) is 38.0. The second kappa shape index (κ2) is 16.3. The van der Waals surface area contributed by atoms with Crippen LogP contribution < -0.4 is 47.5 Å². The van der Waals surface area contributed by atoms with Crippen molar-refractivity contribution in [2.45, 2.75) is 41.5 Å². The minimum atomic E-state index is -0.111. The molecule has 9 aromatic rings. The van der Waals surface area contributed by atoms with Gasteiger partial charge in [0.1, 0.15) is 0 Å². The molecular formula is C60H51B2N3. The SMILES string of the molecule is Cc1cc(C)c(B2c3ccccc3N(c3ccccc3)c3cc4c(c(N(c5ccccc5)c5ccccc5)c32)B(c2c(C)cc(C)cc2C)c2ccccc2N4c2ccccc2)c(C)c1. The highest BCUT2D eigenvalue weighted by molar-refractivity contribution is 7.03. The van der Waals surface area contributed by atoms with E-state index in [2.05, 4.69) is 256 Å². The minimum Gasteiger partial charge on any atom is -0.311 e. The molecule has 5 heteroatoms. The minimum absolute atomic E-state index is 0.111. The summed E-state index contributed by atoms with van der Waals surface area (Å²) in [5, 5.41) is 0. The fourth-order valence-corrected chi connectivity index (χ4v) is 11.5. The van der Waals surface area contributed by atoms with Gasteiger partial charge in [0.05, 0.1) is 0 Å². The summed E-state index contributed by atoms with van der Waals surface area (Å²) < 4.78 is 0. The molecule has 0 amide bonds. The molecule has 0 saturated carbocycles. The van der Waals surface area contributed by atoms with Crippen molar-refractivity contribution < 1.29 is 0 Å². The van der Waals surface area contributed by atoms with Crippen molar-refractivity contribution in [1.82, 2.24) is 0 Å². The Bertz CT molecular complexity index is 2980. The van der Waals surface area contributed by atoms with Crippen molar-refractivity contribution in [2.75, 3.05) is 14.7 Å². The van der Waals surface area contributed by atoms with Gasteiger partial charge in [0, 0.05) is 51.2 Å². The number of hydrogen-bond donors (Lipinski definition) is 0. The summed E-state index contributed by atoms with van der Waals surface area (Å²) in [4.78, 5) is 7.67. The summed E-state index contributed by atoms with van der Waals surface area (Å²) in [6.45, 7) is 13.5. The maximum absolute atomic E-state index is 2.59. The molecule has 0 bridgehead atoms. The Balaban J connectivity index is 1.42. The van der Waals surface area contributed by atoms with E-state index in [-0.39, 0.29) is 13.4 Å². The van der Waals surface area contributed by atoms with E-state index in [1.807, 2.05) is 0 Å². The van der Waals surface area contributed by atoms with E-state index in [9.17, 15) is 0 Å². The number of anilines is 9. The third kappa shape index (κ3) is 6.68. The monoisotopic (exact) mass is 835 g/mol. The van der Waals surface area contributed by atoms with Crippen LogP contribution >= 0.6 is 0 Å². The second-order valence-corrected chi connectivity index (χ2v) is 18.0. The molecule has 312 valence electrons. The van der Waals surface area contributed by atoms with Crippen LogP contribution in [-0.4, -0.2) is 13.4 Å². The van der Waals surface area contributed by atoms with Crippen LogP contribution in [-0.2, 0) is 0 Å². The largest absolute Gasteiger partial charge is 0.311 e. The Kier molecular flexibility index (Phi) is 10.1. The molecule has 9 aromatic carbocycles. The summed E-state index contributed by atoms with van der Waals surface area (Å²) in [6, 6.07) is 74.5. The Morgan fingerprint density at radius 2 is 0.646 bits per heavy atom. The van der Waals surface area contributed by atoms with E-state index in [0.29, 0.717) is 0 Å². The zero-order chi connectivity index (χ0) is 44.3. The van der Waals surface area contributed by atoms with Gasteiger partial charge in [0.15, 0.2) is 0 Å². The van der Waals surface area contributed by atoms with Crippen LogP contribution in [0.5, 0.6) is 0 Å². The van der Waals surface area contributed by atoms with Crippen molar-refractivity contribution in [3.05, 3.63) is 234 Å². The van der Waals surface area contributed by atoms with Gasteiger partial charge in [0.25, 0.3) is 0 Å². The van der Waals surface area contributed by atoms with Gasteiger partial charge in [-0.1, -0.05) is 178 Å². The van der Waals surface area contributed by atoms with Crippen molar-refractivity contribution >= 4 is 97.4 Å². The molecule has 0 spiro atoms. The van der Waals surface area contributed by atoms with Gasteiger partial charge in [0.2, 0.25) is 13.4 Å². The third-order valence-corrected chi connectivity index (χ3v) is 13.7. The average Bonchev–Trinajstić information content (AvgIpc) is 3.31. The van der Waals surface area contributed by atoms with Crippen molar-refractivity contribution in [3.8, 4) is 0 Å². The Labute approximate surface area is 385 Å². The lowest BCUT2D eigenvalue weighted by Gasteiger charge is -2.46. The smallest absolute Gasteiger partial charge is 0.250 e. The van der Waals surface area contributed by atoms with E-state index < -0.39 is 0 Å². The van der Waals surface area contributed by atoms with Crippen molar-refractivity contribution in [1.29, 1.82) is 0 Å². The molecule has 0 N–H and O–H groups in total. The van der Waals surface area contributed by atoms with E-state index >= 15 is 0 Å². The first-order valence-corrected chi connectivity index (χ1v) is 22.9. The zero-order valence-corrected chi connectivity index (χ0v) is 38.0. The topological polar surface area (TPSA) is 9.72 Å². The van der Waals surface area contributed by atoms with Crippen LogP contribution in [0.15, 0.2) is 200 Å². The lowest BCUT2D eigenvalue weighted by atomic mass is 9.30. The van der Waals surface area contributed by atoms with Gasteiger partial charge in [-0.25, -0.2) is 0 Å². The van der Waals surface area contributed by atoms with Gasteiger partial charge in [-0.2, -0.15) is 0 Å². The van der Waals surface area contributed by atoms with Gasteiger partial charge in [-0.3, -0.25) is 0 Å². The summed E-state index contributed by atoms with van der Waals surface area (Å²) in [5.74, 6) is 0. The molecule has 0 unspecified atom stereocenters. The highest BCUT2D eigenvalue weighted by Gasteiger charge is 2.47. The van der Waals surface area contributed by atoms with E-state index in [0.717, 1.165) is 22.7 Å². The maximum Gasteiger partial charge on any atom is 0.250 e. The highest BCUT2D eigenvalue weighted by atomic mass is 15.2. The van der Waals surface area contributed by atoms with Crippen LogP contribution in [0.4, 0.5) is 51.2 Å². The Morgan fingerprint density at radius 1 is 0.323 bits per heavy atom. The molecule has 65 heavy (non-hydrogen) atoms. The van der Waals surface area contributed by atoms with Gasteiger partial charge < -0.3 is 14.7 Å². The summed E-state index contributed by atoms with van der Waals surface area (Å²) in [7, 11) is 0. The molecule has 3 nitrogen and oxygen atoms in total. The number of rotatable bonds is 7. The number of nitrogens with zero attached hydrogens (tertiary/aromatic N) is 3. The molecule has 0 fully saturated rings. The molecule has 2 aliphatic heterocycles. The molecule has 11 rings (SSSR count). The normalized spacial score (nSPS) is 12.6. The lowest BCUT2D eigenvalue weighted by molar-refractivity contribution is 1.24. The van der Waals surface area contributed by atoms with Crippen LogP contribution in [0.1, 0.15) is 33.4 Å². The molecule has 0 aliphatic carbocycles. The molecule has 2 aliphatic rings.